The minimum Gasteiger partial charge on any atom is -0.290 e. The fourth-order valence-corrected chi connectivity index (χ4v) is 3.99. The van der Waals surface area contributed by atoms with Crippen LogP contribution in [0.5, 0.6) is 0 Å². The summed E-state index contributed by atoms with van der Waals surface area (Å²) in [5.74, 6) is 0.161. The summed E-state index contributed by atoms with van der Waals surface area (Å²) in [5.41, 5.74) is 1.51. The van der Waals surface area contributed by atoms with Crippen LogP contribution in [0.15, 0.2) is 23.3 Å². The number of unbranched alkanes of at least 4 members (excludes halogenated alkanes) is 14. The van der Waals surface area contributed by atoms with Gasteiger partial charge in [0.2, 0.25) is 0 Å². The van der Waals surface area contributed by atoms with Gasteiger partial charge in [-0.15, -0.1) is 0 Å². The molecule has 0 fully saturated rings. The van der Waals surface area contributed by atoms with Gasteiger partial charge in [0.05, 0.1) is 0 Å². The number of hydrogen-bond acceptors (Lipinski definition) is 2. The van der Waals surface area contributed by atoms with Crippen molar-refractivity contribution in [2.24, 2.45) is 0 Å². The van der Waals surface area contributed by atoms with Crippen LogP contribution in [0, 0.1) is 0 Å². The molecule has 0 saturated carbocycles. The summed E-state index contributed by atoms with van der Waals surface area (Å²) in [5, 5.41) is 0. The molecule has 28 heavy (non-hydrogen) atoms. The first-order valence-corrected chi connectivity index (χ1v) is 12.2. The predicted molar refractivity (Wildman–Crippen MR) is 121 cm³/mol. The third-order valence-electron chi connectivity index (χ3n) is 5.82. The molecule has 0 saturated heterocycles. The molecule has 0 N–H and O–H groups in total. The number of rotatable bonds is 18. The number of hydrogen-bond donors (Lipinski definition) is 0. The molecular formula is C26H44O2. The Morgan fingerprint density at radius 1 is 0.500 bits per heavy atom. The first kappa shape index (κ1) is 24.9. The van der Waals surface area contributed by atoms with Gasteiger partial charge in [-0.2, -0.15) is 0 Å². The zero-order valence-electron chi connectivity index (χ0n) is 18.7. The maximum Gasteiger partial charge on any atom is 0.185 e. The largest absolute Gasteiger partial charge is 0.290 e. The molecule has 0 aromatic heterocycles. The van der Waals surface area contributed by atoms with E-state index in [0.29, 0.717) is 0 Å². The van der Waals surface area contributed by atoms with Crippen LogP contribution >= 0.6 is 0 Å². The van der Waals surface area contributed by atoms with Crippen LogP contribution < -0.4 is 0 Å². The lowest BCUT2D eigenvalue weighted by Crippen LogP contribution is -2.14. The summed E-state index contributed by atoms with van der Waals surface area (Å²) in [6.45, 7) is 4.49. The molecule has 0 amide bonds. The number of carbonyl (C=O) groups is 2. The Morgan fingerprint density at radius 2 is 0.821 bits per heavy atom. The minimum atomic E-state index is 0.0173. The fourth-order valence-electron chi connectivity index (χ4n) is 3.99. The molecule has 0 aliphatic heterocycles. The van der Waals surface area contributed by atoms with Crippen molar-refractivity contribution in [2.75, 3.05) is 0 Å². The molecule has 0 spiro atoms. The summed E-state index contributed by atoms with van der Waals surface area (Å²) in [6, 6.07) is 0. The molecule has 0 radical (unpaired) electrons. The molecule has 1 rings (SSSR count). The summed E-state index contributed by atoms with van der Waals surface area (Å²) in [6.07, 6.45) is 24.8. The van der Waals surface area contributed by atoms with Gasteiger partial charge in [-0.1, -0.05) is 104 Å². The first-order valence-electron chi connectivity index (χ1n) is 12.2. The second-order valence-electron chi connectivity index (χ2n) is 8.52. The van der Waals surface area contributed by atoms with Crippen LogP contribution in [0.25, 0.3) is 0 Å². The van der Waals surface area contributed by atoms with Crippen LogP contribution in [-0.2, 0) is 9.59 Å². The van der Waals surface area contributed by atoms with E-state index in [1.807, 2.05) is 0 Å². The van der Waals surface area contributed by atoms with Gasteiger partial charge < -0.3 is 0 Å². The van der Waals surface area contributed by atoms with E-state index in [-0.39, 0.29) is 11.6 Å². The van der Waals surface area contributed by atoms with E-state index in [2.05, 4.69) is 13.8 Å². The number of ketones is 2. The fraction of sp³-hybridized carbons (Fsp3) is 0.769. The van der Waals surface area contributed by atoms with E-state index in [0.717, 1.165) is 36.8 Å². The van der Waals surface area contributed by atoms with E-state index >= 15 is 0 Å². The van der Waals surface area contributed by atoms with Gasteiger partial charge >= 0.3 is 0 Å². The molecule has 0 unspecified atom stereocenters. The van der Waals surface area contributed by atoms with E-state index in [1.165, 1.54) is 89.9 Å². The highest BCUT2D eigenvalue weighted by Crippen LogP contribution is 2.23. The second kappa shape index (κ2) is 16.7. The Labute approximate surface area is 174 Å². The maximum absolute atomic E-state index is 12.7. The average molecular weight is 389 g/mol. The van der Waals surface area contributed by atoms with Crippen LogP contribution in [0.1, 0.15) is 129 Å². The lowest BCUT2D eigenvalue weighted by Gasteiger charge is -2.14. The van der Waals surface area contributed by atoms with Gasteiger partial charge in [-0.05, 0) is 37.8 Å². The zero-order valence-corrected chi connectivity index (χ0v) is 18.7. The third-order valence-corrected chi connectivity index (χ3v) is 5.82. The highest BCUT2D eigenvalue weighted by molar-refractivity contribution is 6.20. The van der Waals surface area contributed by atoms with Crippen molar-refractivity contribution >= 4 is 11.6 Å². The summed E-state index contributed by atoms with van der Waals surface area (Å²) in [4.78, 5) is 24.7. The van der Waals surface area contributed by atoms with Gasteiger partial charge in [-0.3, -0.25) is 9.59 Å². The molecule has 1 aliphatic rings. The van der Waals surface area contributed by atoms with Crippen LogP contribution in [0.3, 0.4) is 0 Å². The van der Waals surface area contributed by atoms with Gasteiger partial charge in [0, 0.05) is 11.1 Å². The number of Topliss-reactive ketones (excluding diaryl/α,β-unsaturated/α-hetero) is 1. The van der Waals surface area contributed by atoms with Crippen LogP contribution in [-0.4, -0.2) is 11.6 Å². The highest BCUT2D eigenvalue weighted by Gasteiger charge is 2.20. The van der Waals surface area contributed by atoms with E-state index in [1.54, 1.807) is 12.2 Å². The van der Waals surface area contributed by atoms with Crippen molar-refractivity contribution in [1.29, 1.82) is 0 Å². The Balaban J connectivity index is 2.17. The Hall–Kier alpha value is -1.18. The van der Waals surface area contributed by atoms with E-state index < -0.39 is 0 Å². The van der Waals surface area contributed by atoms with Gasteiger partial charge in [0.1, 0.15) is 0 Å². The van der Waals surface area contributed by atoms with Gasteiger partial charge in [0.25, 0.3) is 0 Å². The SMILES string of the molecule is CCCCCCCCCCC1=CC(=O)C=C(CCCCCCCCCC)C1=O. The van der Waals surface area contributed by atoms with Crippen molar-refractivity contribution in [3.63, 3.8) is 0 Å². The summed E-state index contributed by atoms with van der Waals surface area (Å²) >= 11 is 0. The molecule has 160 valence electrons. The maximum atomic E-state index is 12.7. The van der Waals surface area contributed by atoms with E-state index in [9.17, 15) is 9.59 Å². The quantitative estimate of drug-likeness (QED) is 0.176. The molecule has 0 aromatic carbocycles. The number of carbonyl (C=O) groups excluding carboxylic acids is 2. The Kier molecular flexibility index (Phi) is 14.9. The van der Waals surface area contributed by atoms with E-state index in [4.69, 9.17) is 0 Å². The van der Waals surface area contributed by atoms with Crippen molar-refractivity contribution < 1.29 is 9.59 Å². The standard InChI is InChI=1S/C26H44O2/c1-3-5-7-9-11-13-15-17-19-23-21-25(27)22-24(26(23)28)20-18-16-14-12-10-8-6-4-2/h21-22H,3-20H2,1-2H3. The molecule has 0 aromatic rings. The molecule has 1 aliphatic carbocycles. The molecular weight excluding hydrogens is 344 g/mol. The molecule has 0 atom stereocenters. The average Bonchev–Trinajstić information content (AvgIpc) is 2.69. The van der Waals surface area contributed by atoms with Crippen molar-refractivity contribution in [3.8, 4) is 0 Å². The topological polar surface area (TPSA) is 34.1 Å². The molecule has 2 nitrogen and oxygen atoms in total. The lowest BCUT2D eigenvalue weighted by atomic mass is 9.89. The third kappa shape index (κ3) is 11.6. The van der Waals surface area contributed by atoms with Crippen molar-refractivity contribution in [2.45, 2.75) is 129 Å². The molecule has 0 bridgehead atoms. The Morgan fingerprint density at radius 3 is 1.18 bits per heavy atom. The van der Waals surface area contributed by atoms with Gasteiger partial charge in [-0.25, -0.2) is 0 Å². The normalized spacial score (nSPS) is 14.4. The Bertz CT molecular complexity index is 457. The summed E-state index contributed by atoms with van der Waals surface area (Å²) < 4.78 is 0. The van der Waals surface area contributed by atoms with Crippen LogP contribution in [0.2, 0.25) is 0 Å². The number of allylic oxidation sites excluding steroid dienone is 4. The first-order chi connectivity index (χ1) is 13.7. The predicted octanol–water partition coefficient (Wildman–Crippen LogP) is 8.05. The minimum absolute atomic E-state index is 0.0173. The summed E-state index contributed by atoms with van der Waals surface area (Å²) in [7, 11) is 0. The second-order valence-corrected chi connectivity index (χ2v) is 8.52. The molecule has 2 heteroatoms. The highest BCUT2D eigenvalue weighted by atomic mass is 16.1. The zero-order chi connectivity index (χ0) is 20.5. The van der Waals surface area contributed by atoms with Crippen LogP contribution in [0.4, 0.5) is 0 Å². The lowest BCUT2D eigenvalue weighted by molar-refractivity contribution is -0.115. The molecule has 0 heterocycles. The van der Waals surface area contributed by atoms with Gasteiger partial charge in [0.15, 0.2) is 11.6 Å². The monoisotopic (exact) mass is 388 g/mol. The van der Waals surface area contributed by atoms with Crippen molar-refractivity contribution in [1.82, 2.24) is 0 Å². The smallest absolute Gasteiger partial charge is 0.185 e. The van der Waals surface area contributed by atoms with Crippen molar-refractivity contribution in [3.05, 3.63) is 23.3 Å².